The first-order valence-corrected chi connectivity index (χ1v) is 8.33. The molecule has 1 fully saturated rings. The maximum absolute atomic E-state index is 3.50. The summed E-state index contributed by atoms with van der Waals surface area (Å²) in [6.45, 7) is 3.91. The highest BCUT2D eigenvalue weighted by atomic mass is 79.9. The fourth-order valence-electron chi connectivity index (χ4n) is 2.79. The summed E-state index contributed by atoms with van der Waals surface area (Å²) in [4.78, 5) is 2.64. The Bertz CT molecular complexity index is 317. The van der Waals surface area contributed by atoms with Gasteiger partial charge in [0, 0.05) is 5.33 Å². The smallest absolute Gasteiger partial charge is 0.00317 e. The van der Waals surface area contributed by atoms with E-state index in [9.17, 15) is 0 Å². The summed E-state index contributed by atoms with van der Waals surface area (Å²) in [5, 5.41) is 1.15. The number of alkyl halides is 1. The molecule has 2 rings (SSSR count). The summed E-state index contributed by atoms with van der Waals surface area (Å²) in [5.74, 6) is 0.903. The van der Waals surface area contributed by atoms with Gasteiger partial charge in [-0.05, 0) is 63.2 Å². The molecule has 0 N–H and O–H groups in total. The molecule has 1 aromatic rings. The molecular weight excluding hydrogens is 286 g/mol. The number of halogens is 1. The maximum Gasteiger partial charge on any atom is 0.00317 e. The molecule has 0 radical (unpaired) electrons. The van der Waals surface area contributed by atoms with Crippen LogP contribution in [0.3, 0.4) is 0 Å². The van der Waals surface area contributed by atoms with Gasteiger partial charge < -0.3 is 4.90 Å². The molecule has 1 nitrogen and oxygen atoms in total. The minimum Gasteiger partial charge on any atom is -0.303 e. The van der Waals surface area contributed by atoms with Gasteiger partial charge in [-0.1, -0.05) is 46.3 Å². The summed E-state index contributed by atoms with van der Waals surface area (Å²) < 4.78 is 0. The molecule has 1 aromatic carbocycles. The third-order valence-electron chi connectivity index (χ3n) is 3.93. The third-order valence-corrected chi connectivity index (χ3v) is 4.49. The molecule has 0 bridgehead atoms. The summed E-state index contributed by atoms with van der Waals surface area (Å²) in [6.07, 6.45) is 6.68. The van der Waals surface area contributed by atoms with E-state index in [2.05, 4.69) is 51.2 Å². The molecule has 1 aliphatic heterocycles. The lowest BCUT2D eigenvalue weighted by Gasteiger charge is -2.32. The number of hydrogen-bond acceptors (Lipinski definition) is 1. The van der Waals surface area contributed by atoms with Gasteiger partial charge in [0.25, 0.3) is 0 Å². The number of nitrogens with zero attached hydrogens (tertiary/aromatic N) is 1. The number of piperidine rings is 1. The zero-order valence-corrected chi connectivity index (χ0v) is 12.7. The minimum absolute atomic E-state index is 0.903. The first-order chi connectivity index (χ1) is 8.88. The monoisotopic (exact) mass is 309 g/mol. The molecule has 0 atom stereocenters. The predicted molar refractivity (Wildman–Crippen MR) is 82.3 cm³/mol. The molecular formula is C16H24BrN. The molecule has 1 aliphatic rings. The van der Waals surface area contributed by atoms with Crippen molar-refractivity contribution in [1.82, 2.24) is 4.90 Å². The van der Waals surface area contributed by atoms with E-state index in [1.807, 2.05) is 0 Å². The highest BCUT2D eigenvalue weighted by molar-refractivity contribution is 9.09. The molecule has 0 unspecified atom stereocenters. The largest absolute Gasteiger partial charge is 0.303 e. The van der Waals surface area contributed by atoms with Crippen molar-refractivity contribution in [1.29, 1.82) is 0 Å². The molecule has 0 aliphatic carbocycles. The molecule has 1 saturated heterocycles. The van der Waals surface area contributed by atoms with Crippen molar-refractivity contribution in [3.8, 4) is 0 Å². The van der Waals surface area contributed by atoms with Gasteiger partial charge >= 0.3 is 0 Å². The Morgan fingerprint density at radius 3 is 2.44 bits per heavy atom. The Hall–Kier alpha value is -0.340. The van der Waals surface area contributed by atoms with Crippen LogP contribution in [0.25, 0.3) is 0 Å². The Morgan fingerprint density at radius 2 is 1.78 bits per heavy atom. The van der Waals surface area contributed by atoms with Crippen LogP contribution in [0.4, 0.5) is 0 Å². The van der Waals surface area contributed by atoms with Crippen LogP contribution < -0.4 is 0 Å². The topological polar surface area (TPSA) is 3.24 Å². The van der Waals surface area contributed by atoms with Crippen molar-refractivity contribution in [2.45, 2.75) is 32.1 Å². The van der Waals surface area contributed by atoms with Crippen LogP contribution in [0.1, 0.15) is 31.2 Å². The van der Waals surface area contributed by atoms with E-state index in [1.165, 1.54) is 57.3 Å². The first kappa shape index (κ1) is 14.1. The van der Waals surface area contributed by atoms with Gasteiger partial charge in [0.05, 0.1) is 0 Å². The van der Waals surface area contributed by atoms with E-state index >= 15 is 0 Å². The summed E-state index contributed by atoms with van der Waals surface area (Å²) >= 11 is 3.50. The van der Waals surface area contributed by atoms with E-state index in [0.717, 1.165) is 11.2 Å². The molecule has 1 heterocycles. The number of unbranched alkanes of at least 4 members (excludes halogenated alkanes) is 1. The van der Waals surface area contributed by atoms with E-state index < -0.39 is 0 Å². The second-order valence-electron chi connectivity index (χ2n) is 5.37. The molecule has 0 aromatic heterocycles. The fourth-order valence-corrected chi connectivity index (χ4v) is 3.19. The molecule has 0 saturated carbocycles. The second kappa shape index (κ2) is 7.96. The standard InChI is InChI=1S/C16H24BrN/c17-10-4-5-11-18-12-8-16(9-13-18)14-15-6-2-1-3-7-15/h1-3,6-7,16H,4-5,8-14H2. The quantitative estimate of drug-likeness (QED) is 0.564. The zero-order chi connectivity index (χ0) is 12.6. The minimum atomic E-state index is 0.903. The lowest BCUT2D eigenvalue weighted by atomic mass is 9.90. The Kier molecular flexibility index (Phi) is 6.22. The van der Waals surface area contributed by atoms with Crippen LogP contribution in [0.2, 0.25) is 0 Å². The van der Waals surface area contributed by atoms with Crippen LogP contribution in [0, 0.1) is 5.92 Å². The lowest BCUT2D eigenvalue weighted by Crippen LogP contribution is -2.35. The van der Waals surface area contributed by atoms with Gasteiger partial charge in [0.2, 0.25) is 0 Å². The lowest BCUT2D eigenvalue weighted by molar-refractivity contribution is 0.182. The van der Waals surface area contributed by atoms with E-state index in [0.29, 0.717) is 0 Å². The van der Waals surface area contributed by atoms with E-state index in [1.54, 1.807) is 0 Å². The molecule has 0 amide bonds. The Labute approximate surface area is 120 Å². The molecule has 18 heavy (non-hydrogen) atoms. The van der Waals surface area contributed by atoms with Crippen LogP contribution in [0.15, 0.2) is 30.3 Å². The van der Waals surface area contributed by atoms with Gasteiger partial charge in [-0.3, -0.25) is 0 Å². The van der Waals surface area contributed by atoms with Crippen molar-refractivity contribution in [3.63, 3.8) is 0 Å². The molecule has 100 valence electrons. The average molecular weight is 310 g/mol. The Balaban J connectivity index is 1.67. The van der Waals surface area contributed by atoms with Gasteiger partial charge in [0.1, 0.15) is 0 Å². The number of hydrogen-bond donors (Lipinski definition) is 0. The normalized spacial score (nSPS) is 18.1. The molecule has 2 heteroatoms. The summed E-state index contributed by atoms with van der Waals surface area (Å²) in [7, 11) is 0. The van der Waals surface area contributed by atoms with Crippen molar-refractivity contribution in [2.75, 3.05) is 25.0 Å². The summed E-state index contributed by atoms with van der Waals surface area (Å²) in [5.41, 5.74) is 1.51. The van der Waals surface area contributed by atoms with Gasteiger partial charge in [-0.2, -0.15) is 0 Å². The van der Waals surface area contributed by atoms with Crippen molar-refractivity contribution in [3.05, 3.63) is 35.9 Å². The highest BCUT2D eigenvalue weighted by Gasteiger charge is 2.18. The zero-order valence-electron chi connectivity index (χ0n) is 11.2. The van der Waals surface area contributed by atoms with Crippen LogP contribution >= 0.6 is 15.9 Å². The fraction of sp³-hybridized carbons (Fsp3) is 0.625. The van der Waals surface area contributed by atoms with Crippen LogP contribution in [-0.4, -0.2) is 29.9 Å². The average Bonchev–Trinajstić information content (AvgIpc) is 2.42. The number of benzene rings is 1. The van der Waals surface area contributed by atoms with Gasteiger partial charge in [0.15, 0.2) is 0 Å². The third kappa shape index (κ3) is 4.74. The predicted octanol–water partition coefficient (Wildman–Crippen LogP) is 4.12. The van der Waals surface area contributed by atoms with E-state index in [4.69, 9.17) is 0 Å². The van der Waals surface area contributed by atoms with Crippen LogP contribution in [-0.2, 0) is 6.42 Å². The number of likely N-dealkylation sites (tertiary alicyclic amines) is 1. The first-order valence-electron chi connectivity index (χ1n) is 7.20. The van der Waals surface area contributed by atoms with Gasteiger partial charge in [-0.25, -0.2) is 0 Å². The van der Waals surface area contributed by atoms with Crippen LogP contribution in [0.5, 0.6) is 0 Å². The van der Waals surface area contributed by atoms with Crippen molar-refractivity contribution >= 4 is 15.9 Å². The van der Waals surface area contributed by atoms with Crippen molar-refractivity contribution < 1.29 is 0 Å². The SMILES string of the molecule is BrCCCCN1CCC(Cc2ccccc2)CC1. The summed E-state index contributed by atoms with van der Waals surface area (Å²) in [6, 6.07) is 11.0. The highest BCUT2D eigenvalue weighted by Crippen LogP contribution is 2.21. The maximum atomic E-state index is 3.50. The second-order valence-corrected chi connectivity index (χ2v) is 6.16. The van der Waals surface area contributed by atoms with Gasteiger partial charge in [-0.15, -0.1) is 0 Å². The Morgan fingerprint density at radius 1 is 1.06 bits per heavy atom. The van der Waals surface area contributed by atoms with Crippen molar-refractivity contribution in [2.24, 2.45) is 5.92 Å². The van der Waals surface area contributed by atoms with E-state index in [-0.39, 0.29) is 0 Å². The number of rotatable bonds is 6. The molecule has 0 spiro atoms.